The third-order valence-electron chi connectivity index (χ3n) is 3.42. The van der Waals surface area contributed by atoms with E-state index < -0.39 is 11.6 Å². The average Bonchev–Trinajstić information content (AvgIpc) is 2.40. The second kappa shape index (κ2) is 6.96. The highest BCUT2D eigenvalue weighted by molar-refractivity contribution is 5.19. The molecule has 0 N–H and O–H groups in total. The van der Waals surface area contributed by atoms with Gasteiger partial charge in [-0.25, -0.2) is 8.78 Å². The van der Waals surface area contributed by atoms with E-state index in [1.807, 2.05) is 0 Å². The first-order valence-corrected chi connectivity index (χ1v) is 6.86. The zero-order valence-corrected chi connectivity index (χ0v) is 11.2. The van der Waals surface area contributed by atoms with Gasteiger partial charge in [0.1, 0.15) is 11.6 Å². The summed E-state index contributed by atoms with van der Waals surface area (Å²) in [5, 5.41) is 0. The second-order valence-corrected chi connectivity index (χ2v) is 4.99. The number of halogens is 2. The molecule has 0 spiro atoms. The molecule has 1 aliphatic heterocycles. The first-order chi connectivity index (χ1) is 9.20. The molecule has 1 aromatic rings. The van der Waals surface area contributed by atoms with Gasteiger partial charge in [0, 0.05) is 17.9 Å². The van der Waals surface area contributed by atoms with E-state index in [-0.39, 0.29) is 11.9 Å². The molecular formula is C15H20F2O2. The van der Waals surface area contributed by atoms with Gasteiger partial charge in [-0.15, -0.1) is 0 Å². The number of ether oxygens (including phenoxy) is 2. The molecule has 0 amide bonds. The van der Waals surface area contributed by atoms with Crippen molar-refractivity contribution in [1.29, 1.82) is 0 Å². The fourth-order valence-electron chi connectivity index (χ4n) is 2.36. The van der Waals surface area contributed by atoms with Gasteiger partial charge in [-0.3, -0.25) is 0 Å². The minimum absolute atomic E-state index is 0.116. The minimum atomic E-state index is -0.500. The second-order valence-electron chi connectivity index (χ2n) is 4.99. The van der Waals surface area contributed by atoms with Crippen LogP contribution in [0.1, 0.15) is 31.7 Å². The summed E-state index contributed by atoms with van der Waals surface area (Å²) in [5.41, 5.74) is 0.116. The molecule has 1 aromatic carbocycles. The molecule has 106 valence electrons. The van der Waals surface area contributed by atoms with Gasteiger partial charge in [-0.2, -0.15) is 0 Å². The summed E-state index contributed by atoms with van der Waals surface area (Å²) in [5.74, 6) is -0.550. The van der Waals surface area contributed by atoms with Crippen LogP contribution in [0.15, 0.2) is 18.2 Å². The summed E-state index contributed by atoms with van der Waals surface area (Å²) >= 11 is 0. The van der Waals surface area contributed by atoms with Crippen molar-refractivity contribution in [2.24, 2.45) is 5.92 Å². The molecule has 1 saturated heterocycles. The van der Waals surface area contributed by atoms with Gasteiger partial charge in [-0.05, 0) is 25.0 Å². The Morgan fingerprint density at radius 1 is 1.11 bits per heavy atom. The number of benzene rings is 1. The lowest BCUT2D eigenvalue weighted by Gasteiger charge is -2.29. The highest BCUT2D eigenvalue weighted by atomic mass is 19.1. The average molecular weight is 270 g/mol. The maximum Gasteiger partial charge on any atom is 0.157 e. The largest absolute Gasteiger partial charge is 0.352 e. The fraction of sp³-hybridized carbons (Fsp3) is 0.600. The van der Waals surface area contributed by atoms with Crippen LogP contribution < -0.4 is 0 Å². The summed E-state index contributed by atoms with van der Waals surface area (Å²) in [7, 11) is 0. The Morgan fingerprint density at radius 3 is 2.32 bits per heavy atom. The SMILES string of the molecule is CCCC1COC(CCc2c(F)cccc2F)OC1. The molecule has 1 heterocycles. The van der Waals surface area contributed by atoms with Crippen LogP contribution in [0.4, 0.5) is 8.78 Å². The molecule has 0 saturated carbocycles. The molecule has 0 atom stereocenters. The third-order valence-corrected chi connectivity index (χ3v) is 3.42. The smallest absolute Gasteiger partial charge is 0.157 e. The molecule has 1 aliphatic rings. The highest BCUT2D eigenvalue weighted by Crippen LogP contribution is 2.21. The van der Waals surface area contributed by atoms with Gasteiger partial charge in [0.15, 0.2) is 6.29 Å². The van der Waals surface area contributed by atoms with Gasteiger partial charge >= 0.3 is 0 Å². The first-order valence-electron chi connectivity index (χ1n) is 6.86. The molecule has 2 rings (SSSR count). The Balaban J connectivity index is 1.81. The summed E-state index contributed by atoms with van der Waals surface area (Å²) < 4.78 is 38.0. The molecule has 1 fully saturated rings. The van der Waals surface area contributed by atoms with E-state index in [2.05, 4.69) is 6.92 Å². The molecule has 0 radical (unpaired) electrons. The zero-order chi connectivity index (χ0) is 13.7. The lowest BCUT2D eigenvalue weighted by Crippen LogP contribution is -2.32. The Bertz CT molecular complexity index is 381. The topological polar surface area (TPSA) is 18.5 Å². The monoisotopic (exact) mass is 270 g/mol. The quantitative estimate of drug-likeness (QED) is 0.812. The zero-order valence-electron chi connectivity index (χ0n) is 11.2. The van der Waals surface area contributed by atoms with Gasteiger partial charge in [0.05, 0.1) is 13.2 Å². The van der Waals surface area contributed by atoms with Crippen LogP contribution in [-0.2, 0) is 15.9 Å². The Labute approximate surface area is 112 Å². The summed E-state index contributed by atoms with van der Waals surface area (Å²) in [6.07, 6.45) is 2.64. The number of hydrogen-bond donors (Lipinski definition) is 0. The Kier molecular flexibility index (Phi) is 5.28. The van der Waals surface area contributed by atoms with Crippen molar-refractivity contribution in [3.05, 3.63) is 35.4 Å². The lowest BCUT2D eigenvalue weighted by atomic mass is 10.0. The van der Waals surface area contributed by atoms with E-state index in [4.69, 9.17) is 9.47 Å². The number of hydrogen-bond acceptors (Lipinski definition) is 2. The van der Waals surface area contributed by atoms with E-state index in [0.717, 1.165) is 12.8 Å². The van der Waals surface area contributed by atoms with Crippen LogP contribution in [0.25, 0.3) is 0 Å². The third kappa shape index (κ3) is 3.98. The normalized spacial score (nSPS) is 23.5. The molecule has 2 nitrogen and oxygen atoms in total. The summed E-state index contributed by atoms with van der Waals surface area (Å²) in [6.45, 7) is 3.49. The van der Waals surface area contributed by atoms with E-state index in [9.17, 15) is 8.78 Å². The molecule has 0 aromatic heterocycles. The Morgan fingerprint density at radius 2 is 1.74 bits per heavy atom. The van der Waals surface area contributed by atoms with E-state index in [1.54, 1.807) is 0 Å². The van der Waals surface area contributed by atoms with Crippen molar-refractivity contribution in [2.75, 3.05) is 13.2 Å². The van der Waals surface area contributed by atoms with Crippen LogP contribution in [-0.4, -0.2) is 19.5 Å². The van der Waals surface area contributed by atoms with E-state index >= 15 is 0 Å². The fourth-order valence-corrected chi connectivity index (χ4v) is 2.36. The highest BCUT2D eigenvalue weighted by Gasteiger charge is 2.22. The summed E-state index contributed by atoms with van der Waals surface area (Å²) in [6, 6.07) is 3.92. The molecule has 0 aliphatic carbocycles. The molecule has 4 heteroatoms. The van der Waals surface area contributed by atoms with Crippen LogP contribution >= 0.6 is 0 Å². The Hall–Kier alpha value is -1.00. The van der Waals surface area contributed by atoms with Crippen molar-refractivity contribution >= 4 is 0 Å². The van der Waals surface area contributed by atoms with Gasteiger partial charge in [0.2, 0.25) is 0 Å². The lowest BCUT2D eigenvalue weighted by molar-refractivity contribution is -0.203. The van der Waals surface area contributed by atoms with Gasteiger partial charge < -0.3 is 9.47 Å². The van der Waals surface area contributed by atoms with E-state index in [1.165, 1.54) is 18.2 Å². The minimum Gasteiger partial charge on any atom is -0.352 e. The van der Waals surface area contributed by atoms with Crippen LogP contribution in [0.2, 0.25) is 0 Å². The van der Waals surface area contributed by atoms with Crippen molar-refractivity contribution < 1.29 is 18.3 Å². The predicted molar refractivity (Wildman–Crippen MR) is 68.8 cm³/mol. The van der Waals surface area contributed by atoms with E-state index in [0.29, 0.717) is 32.0 Å². The van der Waals surface area contributed by atoms with Gasteiger partial charge in [-0.1, -0.05) is 19.4 Å². The first kappa shape index (κ1) is 14.4. The molecule has 0 bridgehead atoms. The van der Waals surface area contributed by atoms with Crippen molar-refractivity contribution in [3.63, 3.8) is 0 Å². The maximum absolute atomic E-state index is 13.4. The molecule has 19 heavy (non-hydrogen) atoms. The van der Waals surface area contributed by atoms with Crippen LogP contribution in [0, 0.1) is 17.6 Å². The number of rotatable bonds is 5. The standard InChI is InChI=1S/C15H20F2O2/c1-2-4-11-9-18-15(19-10-11)8-7-12-13(16)5-3-6-14(12)17/h3,5-6,11,15H,2,4,7-10H2,1H3. The predicted octanol–water partition coefficient (Wildman–Crippen LogP) is 3.69. The maximum atomic E-state index is 13.4. The molecular weight excluding hydrogens is 250 g/mol. The van der Waals surface area contributed by atoms with Crippen LogP contribution in [0.3, 0.4) is 0 Å². The van der Waals surface area contributed by atoms with Gasteiger partial charge in [0.25, 0.3) is 0 Å². The molecule has 0 unspecified atom stereocenters. The van der Waals surface area contributed by atoms with Crippen molar-refractivity contribution in [2.45, 2.75) is 38.9 Å². The van der Waals surface area contributed by atoms with Crippen LogP contribution in [0.5, 0.6) is 0 Å². The van der Waals surface area contributed by atoms with Crippen molar-refractivity contribution in [1.82, 2.24) is 0 Å². The summed E-state index contributed by atoms with van der Waals surface area (Å²) in [4.78, 5) is 0. The van der Waals surface area contributed by atoms with Crippen molar-refractivity contribution in [3.8, 4) is 0 Å².